The minimum Gasteiger partial charge on any atom is -0.287 e. The molecule has 2 nitrogen and oxygen atoms in total. The van der Waals surface area contributed by atoms with Crippen LogP contribution >= 0.6 is 0 Å². The van der Waals surface area contributed by atoms with Crippen molar-refractivity contribution in [1.82, 2.24) is 0 Å². The van der Waals surface area contributed by atoms with Crippen molar-refractivity contribution in [1.29, 1.82) is 0 Å². The van der Waals surface area contributed by atoms with Gasteiger partial charge in [0.15, 0.2) is 12.4 Å². The van der Waals surface area contributed by atoms with Gasteiger partial charge in [0.05, 0.1) is 50.1 Å². The molecule has 6 aromatic rings. The van der Waals surface area contributed by atoms with E-state index in [1.165, 1.54) is 12.1 Å². The van der Waals surface area contributed by atoms with Crippen LogP contribution in [0.3, 0.4) is 0 Å². The third-order valence-electron chi connectivity index (χ3n) is 11.1. The molecule has 0 saturated heterocycles. The van der Waals surface area contributed by atoms with E-state index in [0.717, 1.165) is 12.1 Å². The molecule has 0 aliphatic rings. The first-order chi connectivity index (χ1) is 34.2. The number of aromatic nitrogens is 1. The molecule has 76 heavy (non-hydrogen) atoms. The Hall–Kier alpha value is -6.91. The molecule has 0 unspecified atom stereocenters. The fraction of sp³-hybridized carbons (Fsp3) is 0.217. The molecule has 0 saturated carbocycles. The van der Waals surface area contributed by atoms with Crippen LogP contribution < -0.4 is 26.4 Å². The first kappa shape index (κ1) is 60.0. The third-order valence-corrected chi connectivity index (χ3v) is 11.1. The first-order valence-electron chi connectivity index (χ1n) is 20.2. The number of rotatable bonds is 7. The van der Waals surface area contributed by atoms with Crippen LogP contribution in [-0.4, -0.2) is 11.9 Å². The number of benzene rings is 5. The van der Waals surface area contributed by atoms with Crippen molar-refractivity contribution in [3.05, 3.63) is 183 Å². The highest BCUT2D eigenvalue weighted by molar-refractivity contribution is 7.20. The molecule has 1 heterocycles. The lowest BCUT2D eigenvalue weighted by molar-refractivity contribution is -0.683. The van der Waals surface area contributed by atoms with E-state index in [2.05, 4.69) is 0 Å². The Labute approximate surface area is 406 Å². The number of hydrogen-bond acceptors (Lipinski definition) is 1. The Kier molecular flexibility index (Phi) is 16.0. The van der Waals surface area contributed by atoms with Gasteiger partial charge in [0, 0.05) is 17.7 Å². The lowest BCUT2D eigenvalue weighted by Crippen LogP contribution is -2.75. The Bertz CT molecular complexity index is 2610. The molecule has 0 radical (unpaired) electrons. The van der Waals surface area contributed by atoms with Crippen LogP contribution in [0.5, 0.6) is 0 Å². The lowest BCUT2D eigenvalue weighted by Gasteiger charge is -2.46. The number of hydrogen-bond donors (Lipinski definition) is 0. The molecule has 0 aliphatic heterocycles. The van der Waals surface area contributed by atoms with Crippen LogP contribution in [0.4, 0.5) is 119 Å². The van der Waals surface area contributed by atoms with Gasteiger partial charge in [-0.3, -0.25) is 4.79 Å². The highest BCUT2D eigenvalue weighted by Crippen LogP contribution is 2.41. The topological polar surface area (TPSA) is 20.9 Å². The molecule has 0 amide bonds. The van der Waals surface area contributed by atoms with Crippen LogP contribution in [-0.2, 0) is 62.1 Å². The Morgan fingerprint density at radius 2 is 0.513 bits per heavy atom. The molecule has 6 rings (SSSR count). The molecule has 410 valence electrons. The highest BCUT2D eigenvalue weighted by atomic mass is 19.4. The zero-order chi connectivity index (χ0) is 57.8. The average Bonchev–Trinajstić information content (AvgIpc) is 3.27. The van der Waals surface area contributed by atoms with E-state index in [0.29, 0.717) is 0 Å². The lowest BCUT2D eigenvalue weighted by atomic mass is 9.12. The van der Waals surface area contributed by atoms with Gasteiger partial charge in [-0.15, -0.1) is 0 Å². The number of Topliss-reactive ketones (excluding diaryl/α,β-unsaturated/α-hetero) is 1. The van der Waals surface area contributed by atoms with Gasteiger partial charge < -0.3 is 0 Å². The third kappa shape index (κ3) is 13.9. The summed E-state index contributed by atoms with van der Waals surface area (Å²) in [7, 11) is 0. The Balaban J connectivity index is 0.000000468. The number of pyridine rings is 1. The van der Waals surface area contributed by atoms with E-state index in [4.69, 9.17) is 0 Å². The summed E-state index contributed by atoms with van der Waals surface area (Å²) in [4.78, 5) is 11.9. The van der Waals surface area contributed by atoms with Gasteiger partial charge in [0.2, 0.25) is 12.3 Å². The highest BCUT2D eigenvalue weighted by Gasteiger charge is 2.47. The smallest absolute Gasteiger partial charge is 0.287 e. The molecule has 0 atom stereocenters. The quantitative estimate of drug-likeness (QED) is 0.0675. The van der Waals surface area contributed by atoms with Gasteiger partial charge >= 0.3 is 55.6 Å². The number of alkyl halides is 27. The SMILES string of the molecule is FC(F)(F)c1cc([B-](c2cc(C(F)(F)F)cc(C(F)(F)F)c2)(c2cc(C(F)(F)F)cc(C(F)(F)F)c2)c2cc(C(F)(F)F)cc(C(F)(F)F)c2)cc(C(F)(F)F)c1.O=C(C[n+]1ccccc1)c1ccc(C(F)(F)F)cc1. The summed E-state index contributed by atoms with van der Waals surface area (Å²) in [5.74, 6) is -0.232. The van der Waals surface area contributed by atoms with Gasteiger partial charge in [-0.1, -0.05) is 66.7 Å². The number of carbonyl (C=O) groups is 1. The van der Waals surface area contributed by atoms with Crippen molar-refractivity contribution in [2.45, 2.75) is 62.1 Å². The van der Waals surface area contributed by atoms with Gasteiger partial charge in [-0.25, -0.2) is 0 Å². The van der Waals surface area contributed by atoms with E-state index in [1.54, 1.807) is 29.1 Å². The summed E-state index contributed by atoms with van der Waals surface area (Å²) in [5, 5.41) is 0. The maximum atomic E-state index is 14.2. The molecule has 0 fully saturated rings. The fourth-order valence-electron chi connectivity index (χ4n) is 7.71. The van der Waals surface area contributed by atoms with Gasteiger partial charge in [-0.05, 0) is 36.4 Å². The number of ketones is 1. The second-order valence-corrected chi connectivity index (χ2v) is 16.3. The van der Waals surface area contributed by atoms with Crippen molar-refractivity contribution in [3.63, 3.8) is 0 Å². The maximum absolute atomic E-state index is 14.2. The standard InChI is InChI=1S/C32H12BF24.C14H11F3NO/c34-25(35,36)13-1-14(26(37,38)39)6-21(5-13)33(22-7-15(27(40,41)42)2-16(8-22)28(43,44)45,23-9-17(29(46,47)48)3-18(10-23)30(49,50)51)24-11-19(31(52,53)54)4-20(12-24)32(55,56)57;15-14(16,17)12-6-4-11(5-7-12)13(19)10-18-8-2-1-3-9-18/h1-12H;1-9H,10H2/q-1;+1. The molecule has 0 spiro atoms. The van der Waals surface area contributed by atoms with Gasteiger partial charge in [0.25, 0.3) is 0 Å². The normalized spacial score (nSPS) is 13.6. The minimum atomic E-state index is -6.13. The van der Waals surface area contributed by atoms with Crippen LogP contribution in [0.2, 0.25) is 0 Å². The van der Waals surface area contributed by atoms with E-state index < -0.39 is 206 Å². The average molecular weight is 1130 g/mol. The molecule has 0 bridgehead atoms. The summed E-state index contributed by atoms with van der Waals surface area (Å²) in [6, 6.07) is 0.809. The Morgan fingerprint density at radius 1 is 0.303 bits per heavy atom. The summed E-state index contributed by atoms with van der Waals surface area (Å²) in [6.07, 6.45) is -55.7. The molecule has 0 aliphatic carbocycles. The van der Waals surface area contributed by atoms with Crippen molar-refractivity contribution in [3.8, 4) is 0 Å². The van der Waals surface area contributed by atoms with E-state index in [-0.39, 0.29) is 17.9 Å². The monoisotopic (exact) mass is 1130 g/mol. The minimum absolute atomic E-state index is 0.103. The molecule has 0 N–H and O–H groups in total. The van der Waals surface area contributed by atoms with Crippen molar-refractivity contribution in [2.75, 3.05) is 0 Å². The van der Waals surface area contributed by atoms with Gasteiger partial charge in [-0.2, -0.15) is 145 Å². The van der Waals surface area contributed by atoms with Crippen LogP contribution in [0.25, 0.3) is 0 Å². The first-order valence-corrected chi connectivity index (χ1v) is 20.2. The maximum Gasteiger partial charge on any atom is 0.416 e. The summed E-state index contributed by atoms with van der Waals surface area (Å²) in [6.45, 7) is 0.103. The summed E-state index contributed by atoms with van der Waals surface area (Å²) in [5.41, 5.74) is -30.7. The molecule has 1 aromatic heterocycles. The molecule has 30 heteroatoms. The summed E-state index contributed by atoms with van der Waals surface area (Å²) >= 11 is 0. The zero-order valence-corrected chi connectivity index (χ0v) is 36.5. The molecular formula is C46H23BF27NO. The van der Waals surface area contributed by atoms with Crippen molar-refractivity contribution in [2.24, 2.45) is 0 Å². The van der Waals surface area contributed by atoms with Crippen LogP contribution in [0.15, 0.2) is 128 Å². The van der Waals surface area contributed by atoms with Gasteiger partial charge in [0.1, 0.15) is 6.15 Å². The molecular weight excluding hydrogens is 1110 g/mol. The van der Waals surface area contributed by atoms with Crippen LogP contribution in [0.1, 0.15) is 60.4 Å². The second kappa shape index (κ2) is 20.2. The van der Waals surface area contributed by atoms with Crippen LogP contribution in [0, 0.1) is 0 Å². The van der Waals surface area contributed by atoms with E-state index in [9.17, 15) is 123 Å². The zero-order valence-electron chi connectivity index (χ0n) is 36.5. The number of halogens is 27. The van der Waals surface area contributed by atoms with Crippen molar-refractivity contribution >= 4 is 33.8 Å². The number of nitrogens with zero attached hydrogens (tertiary/aromatic N) is 1. The molecule has 5 aromatic carbocycles. The van der Waals surface area contributed by atoms with Crippen molar-refractivity contribution < 1.29 is 128 Å². The Morgan fingerprint density at radius 3 is 0.711 bits per heavy atom. The predicted octanol–water partition coefficient (Wildman–Crippen LogP) is 14.1. The summed E-state index contributed by atoms with van der Waals surface area (Å²) < 4.78 is 380. The second-order valence-electron chi connectivity index (χ2n) is 16.3. The van der Waals surface area contributed by atoms with E-state index in [1.807, 2.05) is 6.07 Å². The largest absolute Gasteiger partial charge is 0.416 e. The van der Waals surface area contributed by atoms with E-state index >= 15 is 0 Å². The number of carbonyl (C=O) groups excluding carboxylic acids is 1. The predicted molar refractivity (Wildman–Crippen MR) is 212 cm³/mol. The fourth-order valence-corrected chi connectivity index (χ4v) is 7.71.